The van der Waals surface area contributed by atoms with E-state index in [1.165, 1.54) is 39.8 Å². The van der Waals surface area contributed by atoms with Gasteiger partial charge in [0.25, 0.3) is 0 Å². The Morgan fingerprint density at radius 1 is 0.873 bits per heavy atom. The molecular weight excluding hydrogens is 961 g/mol. The number of epoxide rings is 1. The van der Waals surface area contributed by atoms with Crippen molar-refractivity contribution in [3.05, 3.63) is 47.0 Å². The van der Waals surface area contributed by atoms with E-state index in [0.717, 1.165) is 19.8 Å². The second-order valence-corrected chi connectivity index (χ2v) is 22.5. The summed E-state index contributed by atoms with van der Waals surface area (Å²) in [6.45, 7) is 4.92. The first-order valence-electron chi connectivity index (χ1n) is 19.9. The molecule has 22 heteroatoms. The Balaban J connectivity index is 1.45. The molecule has 2 heterocycles. The molecule has 2 aliphatic heterocycles. The highest BCUT2D eigenvalue weighted by atomic mass is 35.6. The van der Waals surface area contributed by atoms with Gasteiger partial charge in [0, 0.05) is 25.2 Å². The molecule has 2 unspecified atom stereocenters. The van der Waals surface area contributed by atoms with Crippen LogP contribution in [0.5, 0.6) is 0 Å². The first-order chi connectivity index (χ1) is 29.2. The lowest BCUT2D eigenvalue weighted by Crippen LogP contribution is -2.82. The van der Waals surface area contributed by atoms with E-state index in [4.69, 9.17) is 112 Å². The summed E-state index contributed by atoms with van der Waals surface area (Å²) in [5, 5.41) is 13.8. The van der Waals surface area contributed by atoms with Crippen LogP contribution in [-0.4, -0.2) is 122 Å². The highest BCUT2D eigenvalue weighted by Gasteiger charge is 2.79. The van der Waals surface area contributed by atoms with Crippen LogP contribution in [0.2, 0.25) is 0 Å². The molecule has 0 aromatic heterocycles. The molecule has 1 N–H and O–H groups in total. The summed E-state index contributed by atoms with van der Waals surface area (Å²) >= 11 is 35.2. The molecule has 0 radical (unpaired) electrons. The lowest BCUT2D eigenvalue weighted by atomic mass is 9.44. The summed E-state index contributed by atoms with van der Waals surface area (Å²) in [4.78, 5) is 84.5. The van der Waals surface area contributed by atoms with Crippen LogP contribution in [0.3, 0.4) is 0 Å². The van der Waals surface area contributed by atoms with Crippen molar-refractivity contribution in [2.75, 3.05) is 19.8 Å². The lowest BCUT2D eigenvalue weighted by Gasteiger charge is -2.67. The fourth-order valence-electron chi connectivity index (χ4n) is 9.87. The summed E-state index contributed by atoms with van der Waals surface area (Å²) in [5.41, 5.74) is -8.35. The zero-order chi connectivity index (χ0) is 46.2. The summed E-state index contributed by atoms with van der Waals surface area (Å²) in [6, 6.07) is 7.71. The molecule has 4 aliphatic carbocycles. The van der Waals surface area contributed by atoms with Gasteiger partial charge in [0.15, 0.2) is 23.6 Å². The van der Waals surface area contributed by atoms with E-state index in [9.17, 15) is 29.1 Å². The Morgan fingerprint density at radius 2 is 1.48 bits per heavy atom. The molecule has 11 atom stereocenters. The number of ketones is 1. The lowest BCUT2D eigenvalue weighted by molar-refractivity contribution is -0.346. The second kappa shape index (κ2) is 17.1. The van der Waals surface area contributed by atoms with Gasteiger partial charge in [-0.1, -0.05) is 102 Å². The molecule has 16 nitrogen and oxygen atoms in total. The van der Waals surface area contributed by atoms with Crippen LogP contribution in [-0.2, 0) is 57.0 Å². The van der Waals surface area contributed by atoms with Crippen molar-refractivity contribution in [1.82, 2.24) is 0 Å². The molecule has 63 heavy (non-hydrogen) atoms. The largest absolute Gasteiger partial charge is 0.509 e. The maximum absolute atomic E-state index is 16.0. The molecule has 1 aromatic rings. The number of carbonyl (C=O) groups excluding carboxylic acids is 6. The minimum Gasteiger partial charge on any atom is -0.456 e. The Morgan fingerprint density at radius 3 is 2.02 bits per heavy atom. The number of aliphatic hydroxyl groups is 1. The van der Waals surface area contributed by atoms with Crippen LogP contribution in [0.4, 0.5) is 9.59 Å². The third-order valence-electron chi connectivity index (χ3n) is 13.1. The number of esters is 3. The molecule has 6 aliphatic rings. The van der Waals surface area contributed by atoms with Crippen LogP contribution in [0.25, 0.3) is 0 Å². The third-order valence-corrected chi connectivity index (χ3v) is 13.8. The van der Waals surface area contributed by atoms with Crippen molar-refractivity contribution in [3.8, 4) is 0 Å². The SMILES string of the molecule is CC(=O)O[C@@]12CO[C@@H]1C[C@H](OC(=O)OCC(Cl)(Cl)Cl)[C@@]1(C)C(=O)[C@H](OC(=O)OCC(Cl)(Cl)Cl)C3=C(C)[C@@H](OC(=O)C4OC4C4CC4)C[C@@](O)([C@@H](OC(=O)c4ccccc4)[C@H]21)C3(C)C. The van der Waals surface area contributed by atoms with Crippen LogP contribution >= 0.6 is 69.6 Å². The van der Waals surface area contributed by atoms with E-state index >= 15 is 4.79 Å². The average molecular weight is 1010 g/mol. The van der Waals surface area contributed by atoms with E-state index < -0.39 is 134 Å². The zero-order valence-electron chi connectivity index (χ0n) is 34.4. The number of rotatable bonds is 10. The van der Waals surface area contributed by atoms with Crippen LogP contribution in [0, 0.1) is 22.7 Å². The monoisotopic (exact) mass is 1000 g/mol. The molecular formula is C41H44Cl6O16. The van der Waals surface area contributed by atoms with E-state index in [2.05, 4.69) is 0 Å². The Kier molecular flexibility index (Phi) is 13.1. The van der Waals surface area contributed by atoms with Crippen molar-refractivity contribution in [2.24, 2.45) is 22.7 Å². The van der Waals surface area contributed by atoms with Crippen LogP contribution in [0.15, 0.2) is 41.5 Å². The second-order valence-electron chi connectivity index (χ2n) is 17.4. The molecule has 0 spiro atoms. The zero-order valence-corrected chi connectivity index (χ0v) is 38.9. The van der Waals surface area contributed by atoms with Gasteiger partial charge in [-0.15, -0.1) is 0 Å². The number of hydrogen-bond acceptors (Lipinski definition) is 16. The summed E-state index contributed by atoms with van der Waals surface area (Å²) in [5.74, 6) is -5.17. The average Bonchev–Trinajstić information content (AvgIpc) is 4.11. The van der Waals surface area contributed by atoms with Crippen molar-refractivity contribution >= 4 is 106 Å². The smallest absolute Gasteiger partial charge is 0.456 e. The fourth-order valence-corrected chi connectivity index (χ4v) is 10.2. The first kappa shape index (κ1) is 48.1. The Labute approximate surface area is 391 Å². The number of halogens is 6. The molecule has 2 saturated heterocycles. The minimum absolute atomic E-state index is 0.0245. The van der Waals surface area contributed by atoms with Gasteiger partial charge in [-0.05, 0) is 55.9 Å². The summed E-state index contributed by atoms with van der Waals surface area (Å²) in [7, 11) is 0. The highest BCUT2D eigenvalue weighted by Crippen LogP contribution is 2.65. The first-order valence-corrected chi connectivity index (χ1v) is 22.2. The predicted molar refractivity (Wildman–Crippen MR) is 221 cm³/mol. The van der Waals surface area contributed by atoms with Gasteiger partial charge >= 0.3 is 30.2 Å². The maximum Gasteiger partial charge on any atom is 0.509 e. The molecule has 5 fully saturated rings. The number of benzene rings is 1. The quantitative estimate of drug-likeness (QED) is 0.0834. The van der Waals surface area contributed by atoms with Gasteiger partial charge in [-0.3, -0.25) is 9.59 Å². The fraction of sp³-hybridized carbons (Fsp3) is 0.659. The van der Waals surface area contributed by atoms with E-state index in [0.29, 0.717) is 0 Å². The predicted octanol–water partition coefficient (Wildman–Crippen LogP) is 6.87. The van der Waals surface area contributed by atoms with Gasteiger partial charge in [0.1, 0.15) is 43.2 Å². The topological polar surface area (TPSA) is 209 Å². The maximum atomic E-state index is 16.0. The molecule has 346 valence electrons. The summed E-state index contributed by atoms with van der Waals surface area (Å²) < 4.78 is 48.1. The van der Waals surface area contributed by atoms with Gasteiger partial charge < -0.3 is 47.7 Å². The van der Waals surface area contributed by atoms with Crippen molar-refractivity contribution in [3.63, 3.8) is 0 Å². The molecule has 0 amide bonds. The van der Waals surface area contributed by atoms with Gasteiger partial charge in [-0.2, -0.15) is 0 Å². The number of Topliss-reactive ketones (excluding diaryl/α,β-unsaturated/α-hetero) is 1. The molecule has 7 rings (SSSR count). The number of ether oxygens (including phenoxy) is 9. The van der Waals surface area contributed by atoms with E-state index in [-0.39, 0.29) is 35.2 Å². The van der Waals surface area contributed by atoms with E-state index in [1.807, 2.05) is 0 Å². The van der Waals surface area contributed by atoms with Crippen molar-refractivity contribution in [1.29, 1.82) is 0 Å². The Hall–Kier alpha value is -2.80. The molecule has 3 saturated carbocycles. The van der Waals surface area contributed by atoms with Crippen LogP contribution in [0.1, 0.15) is 70.7 Å². The van der Waals surface area contributed by atoms with Gasteiger partial charge in [-0.25, -0.2) is 19.2 Å². The van der Waals surface area contributed by atoms with Crippen molar-refractivity contribution in [2.45, 2.75) is 122 Å². The van der Waals surface area contributed by atoms with Crippen LogP contribution < -0.4 is 0 Å². The number of alkyl halides is 6. The number of carbonyl (C=O) groups is 6. The molecule has 1 aromatic carbocycles. The third kappa shape index (κ3) is 9.19. The van der Waals surface area contributed by atoms with E-state index in [1.54, 1.807) is 18.2 Å². The highest BCUT2D eigenvalue weighted by molar-refractivity contribution is 6.68. The Bertz CT molecular complexity index is 2070. The number of fused-ring (bicyclic) bond motifs is 5. The normalized spacial score (nSPS) is 35.5. The summed E-state index contributed by atoms with van der Waals surface area (Å²) in [6.07, 6.45) is -11.5. The number of hydrogen-bond donors (Lipinski definition) is 1. The van der Waals surface area contributed by atoms with Gasteiger partial charge in [0.05, 0.1) is 29.6 Å². The van der Waals surface area contributed by atoms with Crippen molar-refractivity contribution < 1.29 is 76.5 Å². The standard InChI is InChI=1S/C41H44Cl6O16/c1-18-22(58-33(51)28-26(60-28)20-11-12-20)14-39(54)31(62-32(50)21-9-7-6-8-10-21)29-37(5,30(49)27(25(18)36(39,3)4)61-35(53)57-17-41(45,46)47)23(59-34(52)56-16-40(42,43)44)13-24-38(29,15-55-24)63-19(2)48/h6-10,20,22-24,26-29,31,54H,11-17H2,1-5H3/t22-,23-,24+,26?,27+,28?,29-,31-,37+,38-,39+/m0/s1. The van der Waals surface area contributed by atoms with Gasteiger partial charge in [0.2, 0.25) is 7.59 Å². The minimum atomic E-state index is -2.45. The molecule has 2 bridgehead atoms.